The van der Waals surface area contributed by atoms with Gasteiger partial charge in [-0.25, -0.2) is 0 Å². The number of carbonyl (C=O) groups excluding carboxylic acids is 4. The first-order valence-corrected chi connectivity index (χ1v) is 12.1. The van der Waals surface area contributed by atoms with E-state index < -0.39 is 77.2 Å². The maximum Gasteiger partial charge on any atom is 0.312 e. The van der Waals surface area contributed by atoms with Crippen LogP contribution >= 0.6 is 0 Å². The molecule has 2 fully saturated rings. The molecule has 0 aromatic carbocycles. The van der Waals surface area contributed by atoms with Gasteiger partial charge in [0.1, 0.15) is 23.9 Å². The number of allylic oxidation sites excluding steroid dienone is 1. The number of aliphatic hydroxyl groups excluding tert-OH is 1. The molecule has 0 aromatic heterocycles. The fraction of sp³-hybridized carbons (Fsp3) is 0.692. The third-order valence-corrected chi connectivity index (χ3v) is 8.00. The summed E-state index contributed by atoms with van der Waals surface area (Å²) < 4.78 is 22.4. The van der Waals surface area contributed by atoms with Crippen molar-refractivity contribution in [2.75, 3.05) is 0 Å². The van der Waals surface area contributed by atoms with Crippen LogP contribution in [0.25, 0.3) is 0 Å². The van der Waals surface area contributed by atoms with Gasteiger partial charge in [0.05, 0.1) is 17.4 Å². The fourth-order valence-electron chi connectivity index (χ4n) is 6.06. The molecule has 1 saturated carbocycles. The van der Waals surface area contributed by atoms with E-state index in [0.717, 1.165) is 5.57 Å². The van der Waals surface area contributed by atoms with E-state index >= 15 is 0 Å². The Hall–Kier alpha value is -2.72. The second-order valence-electron chi connectivity index (χ2n) is 10.4. The topological polar surface area (TPSA) is 146 Å². The van der Waals surface area contributed by atoms with Crippen molar-refractivity contribution >= 4 is 23.9 Å². The lowest BCUT2D eigenvalue weighted by atomic mass is 9.54. The van der Waals surface area contributed by atoms with Crippen molar-refractivity contribution in [3.8, 4) is 0 Å². The quantitative estimate of drug-likeness (QED) is 0.328. The first kappa shape index (κ1) is 27.9. The smallest absolute Gasteiger partial charge is 0.312 e. The summed E-state index contributed by atoms with van der Waals surface area (Å²) in [5.41, 5.74) is -2.40. The molecule has 3 rings (SSSR count). The molecule has 1 aliphatic heterocycles. The zero-order valence-electron chi connectivity index (χ0n) is 21.6. The van der Waals surface area contributed by atoms with Gasteiger partial charge in [0.15, 0.2) is 6.10 Å². The van der Waals surface area contributed by atoms with Crippen molar-refractivity contribution in [3.63, 3.8) is 0 Å². The van der Waals surface area contributed by atoms with Crippen LogP contribution in [0.1, 0.15) is 60.8 Å². The van der Waals surface area contributed by atoms with Crippen molar-refractivity contribution in [2.45, 2.75) is 96.9 Å². The Morgan fingerprint density at radius 3 is 2.19 bits per heavy atom. The molecule has 10 heteroatoms. The minimum absolute atomic E-state index is 0.0111. The summed E-state index contributed by atoms with van der Waals surface area (Å²) in [5, 5.41) is 23.9. The fourth-order valence-corrected chi connectivity index (χ4v) is 6.06. The molecule has 9 atom stereocenters. The van der Waals surface area contributed by atoms with Crippen molar-refractivity contribution in [3.05, 3.63) is 23.8 Å². The van der Waals surface area contributed by atoms with E-state index in [-0.39, 0.29) is 12.0 Å². The van der Waals surface area contributed by atoms with Crippen LogP contribution in [0.3, 0.4) is 0 Å². The van der Waals surface area contributed by atoms with Crippen LogP contribution in [0.5, 0.6) is 0 Å². The lowest BCUT2D eigenvalue weighted by Gasteiger charge is -2.56. The van der Waals surface area contributed by atoms with E-state index in [4.69, 9.17) is 18.9 Å². The minimum Gasteiger partial charge on any atom is -0.462 e. The van der Waals surface area contributed by atoms with Crippen LogP contribution in [0, 0.1) is 17.3 Å². The molecule has 0 aromatic rings. The van der Waals surface area contributed by atoms with Crippen LogP contribution in [0.4, 0.5) is 0 Å². The molecule has 1 saturated heterocycles. The number of carbonyl (C=O) groups is 4. The Morgan fingerprint density at radius 2 is 1.64 bits per heavy atom. The van der Waals surface area contributed by atoms with E-state index in [0.29, 0.717) is 12.8 Å². The maximum absolute atomic E-state index is 12.6. The van der Waals surface area contributed by atoms with Crippen LogP contribution in [-0.4, -0.2) is 70.2 Å². The van der Waals surface area contributed by atoms with E-state index in [2.05, 4.69) is 6.58 Å². The van der Waals surface area contributed by atoms with Gasteiger partial charge < -0.3 is 29.2 Å². The highest BCUT2D eigenvalue weighted by Gasteiger charge is 2.67. The molecule has 0 bridgehead atoms. The Morgan fingerprint density at radius 1 is 1.08 bits per heavy atom. The van der Waals surface area contributed by atoms with Crippen molar-refractivity contribution < 1.29 is 48.3 Å². The summed E-state index contributed by atoms with van der Waals surface area (Å²) in [4.78, 5) is 48.8. The van der Waals surface area contributed by atoms with E-state index in [1.54, 1.807) is 19.9 Å². The van der Waals surface area contributed by atoms with Crippen LogP contribution in [0.15, 0.2) is 23.8 Å². The summed E-state index contributed by atoms with van der Waals surface area (Å²) in [7, 11) is 0. The summed E-state index contributed by atoms with van der Waals surface area (Å²) >= 11 is 0. The number of fused-ring (bicyclic) bond motifs is 2. The molecule has 10 nitrogen and oxygen atoms in total. The van der Waals surface area contributed by atoms with Gasteiger partial charge in [-0.2, -0.15) is 0 Å². The third kappa shape index (κ3) is 4.68. The molecule has 0 amide bonds. The Bertz CT molecular complexity index is 985. The van der Waals surface area contributed by atoms with Gasteiger partial charge in [0.2, 0.25) is 0 Å². The maximum atomic E-state index is 12.6. The molecule has 2 aliphatic carbocycles. The van der Waals surface area contributed by atoms with E-state index in [1.807, 2.05) is 0 Å². The number of hydrogen-bond donors (Lipinski definition) is 2. The highest BCUT2D eigenvalue weighted by atomic mass is 16.6. The SMILES string of the molecule is C=C1C2[C@H](O)[C@@]3(O)[C@H](/C=C(/C)CC[C@H](OC(C)=O)[C@@]2(C)[C@@H](OC(C)=O)C[C@@H]1OC(C)=O)OC(=O)[C@@H]3C. The largest absolute Gasteiger partial charge is 0.462 e. The second-order valence-corrected chi connectivity index (χ2v) is 10.4. The van der Waals surface area contributed by atoms with Gasteiger partial charge in [-0.15, -0.1) is 0 Å². The Labute approximate surface area is 210 Å². The van der Waals surface area contributed by atoms with E-state index in [1.165, 1.54) is 27.7 Å². The van der Waals surface area contributed by atoms with Crippen molar-refractivity contribution in [1.82, 2.24) is 0 Å². The average Bonchev–Trinajstić information content (AvgIpc) is 2.97. The predicted molar refractivity (Wildman–Crippen MR) is 125 cm³/mol. The van der Waals surface area contributed by atoms with Crippen molar-refractivity contribution in [1.29, 1.82) is 0 Å². The van der Waals surface area contributed by atoms with Crippen molar-refractivity contribution in [2.24, 2.45) is 17.3 Å². The van der Waals surface area contributed by atoms with Gasteiger partial charge in [0.25, 0.3) is 0 Å². The number of ether oxygens (including phenoxy) is 4. The van der Waals surface area contributed by atoms with Gasteiger partial charge in [-0.3, -0.25) is 19.2 Å². The zero-order chi connectivity index (χ0) is 27.2. The molecule has 1 heterocycles. The highest BCUT2D eigenvalue weighted by Crippen LogP contribution is 2.55. The number of aliphatic hydroxyl groups is 2. The predicted octanol–water partition coefficient (Wildman–Crippen LogP) is 1.76. The standard InChI is InChI=1S/C26H36O10/c1-12-8-9-19(34-16(5)28)25(7)20(35-17(6)29)11-18(33-15(4)27)13(2)22(25)23(30)26(32)14(3)24(31)36-21(26)10-12/h10,14,18-23,30,32H,2,8-9,11H2,1,3-7H3/b12-10-/t14-,18-,19-,20-,21-,22?,23-,25-,26-/m0/s1. The average molecular weight is 509 g/mol. The lowest BCUT2D eigenvalue weighted by molar-refractivity contribution is -0.217. The normalized spacial score (nSPS) is 42.1. The zero-order valence-corrected chi connectivity index (χ0v) is 21.6. The Kier molecular flexibility index (Phi) is 7.72. The molecular formula is C26H36O10. The highest BCUT2D eigenvalue weighted by molar-refractivity contribution is 5.77. The van der Waals surface area contributed by atoms with Crippen LogP contribution in [0.2, 0.25) is 0 Å². The minimum atomic E-state index is -2.09. The Balaban J connectivity index is 2.29. The number of hydrogen-bond acceptors (Lipinski definition) is 10. The molecule has 0 radical (unpaired) electrons. The molecular weight excluding hydrogens is 472 g/mol. The number of esters is 4. The van der Waals surface area contributed by atoms with Crippen LogP contribution < -0.4 is 0 Å². The molecule has 3 aliphatic rings. The summed E-state index contributed by atoms with van der Waals surface area (Å²) in [6, 6.07) is 0. The van der Waals surface area contributed by atoms with Gasteiger partial charge in [-0.05, 0) is 38.3 Å². The third-order valence-electron chi connectivity index (χ3n) is 8.00. The van der Waals surface area contributed by atoms with Gasteiger partial charge >= 0.3 is 23.9 Å². The monoisotopic (exact) mass is 508 g/mol. The van der Waals surface area contributed by atoms with Crippen LogP contribution in [-0.2, 0) is 38.1 Å². The first-order chi connectivity index (χ1) is 16.6. The number of rotatable bonds is 3. The molecule has 1 unspecified atom stereocenters. The first-order valence-electron chi connectivity index (χ1n) is 12.1. The molecule has 0 spiro atoms. The summed E-state index contributed by atoms with van der Waals surface area (Å²) in [5.74, 6) is -4.74. The second kappa shape index (κ2) is 9.97. The van der Waals surface area contributed by atoms with E-state index in [9.17, 15) is 29.4 Å². The summed E-state index contributed by atoms with van der Waals surface area (Å²) in [6.45, 7) is 12.8. The van der Waals surface area contributed by atoms with Gasteiger partial charge in [0, 0.05) is 33.1 Å². The lowest BCUT2D eigenvalue weighted by Crippen LogP contribution is -2.66. The summed E-state index contributed by atoms with van der Waals surface area (Å²) in [6.07, 6.45) is -3.39. The molecule has 200 valence electrons. The van der Waals surface area contributed by atoms with Gasteiger partial charge in [-0.1, -0.05) is 19.1 Å². The molecule has 36 heavy (non-hydrogen) atoms. The molecule has 2 N–H and O–H groups in total.